The Bertz CT molecular complexity index is 795. The Labute approximate surface area is 152 Å². The maximum absolute atomic E-state index is 6.11. The number of anilines is 1. The minimum Gasteiger partial charge on any atom is -1.00 e. The molecule has 0 fully saturated rings. The Morgan fingerprint density at radius 3 is 2.28 bits per heavy atom. The highest BCUT2D eigenvalue weighted by molar-refractivity contribution is 6.04. The smallest absolute Gasteiger partial charge is 0.221 e. The van der Waals surface area contributed by atoms with E-state index in [9.17, 15) is 0 Å². The van der Waals surface area contributed by atoms with Crippen LogP contribution in [0.3, 0.4) is 0 Å². The van der Waals surface area contributed by atoms with Gasteiger partial charge in [0, 0.05) is 11.3 Å². The number of aliphatic imine (C=N–C) groups is 2. The zero-order valence-corrected chi connectivity index (χ0v) is 14.6. The quantitative estimate of drug-likeness (QED) is 0.718. The van der Waals surface area contributed by atoms with Gasteiger partial charge in [0.1, 0.15) is 0 Å². The average Bonchev–Trinajstić information content (AvgIpc) is 2.61. The van der Waals surface area contributed by atoms with Gasteiger partial charge in [-0.1, -0.05) is 24.3 Å². The van der Waals surface area contributed by atoms with E-state index >= 15 is 0 Å². The second kappa shape index (κ2) is 7.76. The second-order valence-electron chi connectivity index (χ2n) is 5.15. The van der Waals surface area contributed by atoms with E-state index in [1.165, 1.54) is 0 Å². The molecule has 0 saturated heterocycles. The third kappa shape index (κ3) is 3.61. The summed E-state index contributed by atoms with van der Waals surface area (Å²) in [7, 11) is 3.18. The fraction of sp³-hybridized carbons (Fsp3) is 0.176. The van der Waals surface area contributed by atoms with Crippen LogP contribution in [0.4, 0.5) is 5.69 Å². The zero-order valence-electron chi connectivity index (χ0n) is 13.9. The molecule has 0 aromatic heterocycles. The summed E-state index contributed by atoms with van der Waals surface area (Å²) in [5.74, 6) is 1.67. The van der Waals surface area contributed by atoms with Crippen molar-refractivity contribution in [1.29, 1.82) is 0 Å². The Hall–Kier alpha value is -2.93. The number of rotatable bonds is 4. The molecule has 1 heterocycles. The van der Waals surface area contributed by atoms with E-state index in [4.69, 9.17) is 20.9 Å². The third-order valence-corrected chi connectivity index (χ3v) is 3.72. The summed E-state index contributed by atoms with van der Waals surface area (Å²) < 4.78 is 10.7. The Kier molecular flexibility index (Phi) is 5.71. The highest BCUT2D eigenvalue weighted by Gasteiger charge is 2.28. The van der Waals surface area contributed by atoms with Crippen molar-refractivity contribution >= 4 is 17.6 Å². The fourth-order valence-electron chi connectivity index (χ4n) is 2.61. The SMILES string of the molecule is COc1ccc(C2N=C(N)N=C(N)N2c2ccccc2)cc1OC.[Cl-]. The molecule has 7 nitrogen and oxygen atoms in total. The Balaban J connectivity index is 0.00000225. The number of ether oxygens (including phenoxy) is 2. The number of nitrogens with two attached hydrogens (primary N) is 2. The van der Waals surface area contributed by atoms with Gasteiger partial charge in [0.15, 0.2) is 17.7 Å². The number of nitrogens with zero attached hydrogens (tertiary/aromatic N) is 3. The summed E-state index contributed by atoms with van der Waals surface area (Å²) in [5.41, 5.74) is 13.7. The van der Waals surface area contributed by atoms with Crippen LogP contribution in [0.25, 0.3) is 0 Å². The second-order valence-corrected chi connectivity index (χ2v) is 5.15. The van der Waals surface area contributed by atoms with Gasteiger partial charge in [-0.05, 0) is 24.3 Å². The van der Waals surface area contributed by atoms with E-state index in [2.05, 4.69) is 9.98 Å². The molecule has 1 atom stereocenters. The topological polar surface area (TPSA) is 98.5 Å². The number of hydrogen-bond acceptors (Lipinski definition) is 7. The molecule has 0 aliphatic carbocycles. The maximum Gasteiger partial charge on any atom is 0.221 e. The van der Waals surface area contributed by atoms with Gasteiger partial charge in [0.05, 0.1) is 14.2 Å². The van der Waals surface area contributed by atoms with Crippen molar-refractivity contribution in [3.05, 3.63) is 54.1 Å². The lowest BCUT2D eigenvalue weighted by Crippen LogP contribution is -3.00. The average molecular weight is 361 g/mol. The lowest BCUT2D eigenvalue weighted by Gasteiger charge is -2.33. The highest BCUT2D eigenvalue weighted by Crippen LogP contribution is 2.35. The Morgan fingerprint density at radius 2 is 1.64 bits per heavy atom. The molecule has 1 aliphatic heterocycles. The van der Waals surface area contributed by atoms with Crippen molar-refractivity contribution < 1.29 is 21.9 Å². The van der Waals surface area contributed by atoms with E-state index in [0.29, 0.717) is 11.5 Å². The molecule has 2 aromatic carbocycles. The molecule has 4 N–H and O–H groups in total. The molecule has 25 heavy (non-hydrogen) atoms. The third-order valence-electron chi connectivity index (χ3n) is 3.72. The van der Waals surface area contributed by atoms with E-state index in [0.717, 1.165) is 11.3 Å². The fourth-order valence-corrected chi connectivity index (χ4v) is 2.61. The van der Waals surface area contributed by atoms with E-state index in [1.807, 2.05) is 53.4 Å². The van der Waals surface area contributed by atoms with Crippen LogP contribution in [0.15, 0.2) is 58.5 Å². The maximum atomic E-state index is 6.11. The summed E-state index contributed by atoms with van der Waals surface area (Å²) in [5, 5.41) is 0. The molecule has 0 bridgehead atoms. The van der Waals surface area contributed by atoms with E-state index < -0.39 is 6.17 Å². The summed E-state index contributed by atoms with van der Waals surface area (Å²) in [6.45, 7) is 0. The molecular weight excluding hydrogens is 342 g/mol. The predicted octanol–water partition coefficient (Wildman–Crippen LogP) is -1.14. The molecule has 0 radical (unpaired) electrons. The first-order valence-corrected chi connectivity index (χ1v) is 7.37. The Morgan fingerprint density at radius 1 is 0.960 bits per heavy atom. The van der Waals surface area contributed by atoms with Crippen LogP contribution in [-0.4, -0.2) is 26.1 Å². The lowest BCUT2D eigenvalue weighted by molar-refractivity contribution is -0.00000574. The molecular formula is C17H19ClN5O2-. The van der Waals surface area contributed by atoms with Gasteiger partial charge in [-0.2, -0.15) is 4.99 Å². The van der Waals surface area contributed by atoms with Gasteiger partial charge in [-0.3, -0.25) is 4.90 Å². The van der Waals surface area contributed by atoms with Gasteiger partial charge >= 0.3 is 0 Å². The molecule has 0 spiro atoms. The van der Waals surface area contributed by atoms with Crippen LogP contribution < -0.4 is 38.2 Å². The molecule has 132 valence electrons. The number of guanidine groups is 2. The van der Waals surface area contributed by atoms with Crippen LogP contribution in [0, 0.1) is 0 Å². The zero-order chi connectivity index (χ0) is 17.1. The van der Waals surface area contributed by atoms with Gasteiger partial charge in [0.2, 0.25) is 11.9 Å². The van der Waals surface area contributed by atoms with Crippen molar-refractivity contribution in [2.75, 3.05) is 19.1 Å². The highest BCUT2D eigenvalue weighted by atomic mass is 35.5. The summed E-state index contributed by atoms with van der Waals surface area (Å²) in [6, 6.07) is 15.2. The van der Waals surface area contributed by atoms with E-state index in [-0.39, 0.29) is 24.3 Å². The molecule has 0 saturated carbocycles. The van der Waals surface area contributed by atoms with Gasteiger partial charge in [0.25, 0.3) is 0 Å². The van der Waals surface area contributed by atoms with Crippen LogP contribution in [0.2, 0.25) is 0 Å². The standard InChI is InChI=1S/C17H19N5O2.ClH/c1-23-13-9-8-11(10-14(13)24-2)15-20-16(18)21-17(19)22(15)12-6-4-3-5-7-12;/h3-10,15H,1-2H3,(H4,18,19,20,21);1H/p-1. The van der Waals surface area contributed by atoms with Crippen LogP contribution in [-0.2, 0) is 0 Å². The number of halogens is 1. The summed E-state index contributed by atoms with van der Waals surface area (Å²) in [6.07, 6.45) is -0.440. The normalized spacial score (nSPS) is 16.4. The van der Waals surface area contributed by atoms with Crippen LogP contribution >= 0.6 is 0 Å². The van der Waals surface area contributed by atoms with Crippen LogP contribution in [0.5, 0.6) is 11.5 Å². The lowest BCUT2D eigenvalue weighted by atomic mass is 10.1. The molecule has 1 unspecified atom stereocenters. The number of hydrogen-bond donors (Lipinski definition) is 2. The first-order valence-electron chi connectivity index (χ1n) is 7.37. The van der Waals surface area contributed by atoms with Crippen molar-refractivity contribution in [1.82, 2.24) is 0 Å². The van der Waals surface area contributed by atoms with Crippen molar-refractivity contribution in [3.8, 4) is 11.5 Å². The largest absolute Gasteiger partial charge is 1.00 e. The molecule has 1 aliphatic rings. The van der Waals surface area contributed by atoms with Crippen molar-refractivity contribution in [2.24, 2.45) is 21.5 Å². The summed E-state index contributed by atoms with van der Waals surface area (Å²) >= 11 is 0. The van der Waals surface area contributed by atoms with Gasteiger partial charge < -0.3 is 33.3 Å². The first-order chi connectivity index (χ1) is 11.6. The number of para-hydroxylation sites is 1. The molecule has 3 rings (SSSR count). The van der Waals surface area contributed by atoms with Crippen molar-refractivity contribution in [3.63, 3.8) is 0 Å². The first kappa shape index (κ1) is 18.4. The minimum atomic E-state index is -0.440. The van der Waals surface area contributed by atoms with Gasteiger partial charge in [-0.25, -0.2) is 4.99 Å². The van der Waals surface area contributed by atoms with E-state index in [1.54, 1.807) is 14.2 Å². The number of benzene rings is 2. The number of methoxy groups -OCH3 is 2. The van der Waals surface area contributed by atoms with Crippen molar-refractivity contribution in [2.45, 2.75) is 6.17 Å². The molecule has 8 heteroatoms. The predicted molar refractivity (Wildman–Crippen MR) is 94.5 cm³/mol. The molecule has 0 amide bonds. The van der Waals surface area contributed by atoms with Gasteiger partial charge in [-0.15, -0.1) is 0 Å². The van der Waals surface area contributed by atoms with Crippen LogP contribution in [0.1, 0.15) is 11.7 Å². The minimum absolute atomic E-state index is 0. The summed E-state index contributed by atoms with van der Waals surface area (Å²) in [4.78, 5) is 10.3. The monoisotopic (exact) mass is 360 g/mol. The molecule has 2 aromatic rings.